The molecule has 0 saturated carbocycles. The highest BCUT2D eigenvalue weighted by atomic mass is 79.9. The van der Waals surface area contributed by atoms with E-state index in [1.54, 1.807) is 22.8 Å². The van der Waals surface area contributed by atoms with Crippen molar-refractivity contribution in [3.05, 3.63) is 51.5 Å². The molecule has 29 heavy (non-hydrogen) atoms. The van der Waals surface area contributed by atoms with Crippen molar-refractivity contribution in [3.63, 3.8) is 0 Å². The van der Waals surface area contributed by atoms with Crippen LogP contribution in [0.1, 0.15) is 30.2 Å². The SMILES string of the molecule is CC(C)n1cnc2c(F)c(Nc3ccc(Br)cc3Cl)c(C(=O)NOCCO)cc21. The molecule has 0 fully saturated rings. The molecule has 3 rings (SSSR count). The van der Waals surface area contributed by atoms with Gasteiger partial charge in [-0.25, -0.2) is 14.9 Å². The highest BCUT2D eigenvalue weighted by Gasteiger charge is 2.23. The molecule has 3 aromatic rings. The topological polar surface area (TPSA) is 88.4 Å². The summed E-state index contributed by atoms with van der Waals surface area (Å²) in [5.41, 5.74) is 3.15. The van der Waals surface area contributed by atoms with E-state index in [9.17, 15) is 4.79 Å². The summed E-state index contributed by atoms with van der Waals surface area (Å²) in [7, 11) is 0. The number of carbonyl (C=O) groups excluding carboxylic acids is 1. The van der Waals surface area contributed by atoms with Crippen molar-refractivity contribution in [2.45, 2.75) is 19.9 Å². The van der Waals surface area contributed by atoms with Crippen LogP contribution in [-0.2, 0) is 4.84 Å². The molecule has 0 radical (unpaired) electrons. The maximum Gasteiger partial charge on any atom is 0.277 e. The number of nitrogens with one attached hydrogen (secondary N) is 2. The van der Waals surface area contributed by atoms with Crippen LogP contribution in [0.5, 0.6) is 0 Å². The maximum atomic E-state index is 15.4. The predicted octanol–water partition coefficient (Wildman–Crippen LogP) is 4.57. The molecule has 0 bridgehead atoms. The zero-order chi connectivity index (χ0) is 21.1. The average Bonchev–Trinajstić information content (AvgIpc) is 3.10. The van der Waals surface area contributed by atoms with Gasteiger partial charge >= 0.3 is 0 Å². The summed E-state index contributed by atoms with van der Waals surface area (Å²) in [5.74, 6) is -1.36. The highest BCUT2D eigenvalue weighted by molar-refractivity contribution is 9.10. The summed E-state index contributed by atoms with van der Waals surface area (Å²) < 4.78 is 17.9. The van der Waals surface area contributed by atoms with Gasteiger partial charge < -0.3 is 15.0 Å². The molecule has 0 aliphatic carbocycles. The lowest BCUT2D eigenvalue weighted by atomic mass is 10.1. The minimum Gasteiger partial charge on any atom is -0.394 e. The lowest BCUT2D eigenvalue weighted by Gasteiger charge is -2.16. The van der Waals surface area contributed by atoms with Crippen LogP contribution in [0.2, 0.25) is 5.02 Å². The van der Waals surface area contributed by atoms with Crippen LogP contribution in [0.25, 0.3) is 11.0 Å². The van der Waals surface area contributed by atoms with Crippen LogP contribution < -0.4 is 10.8 Å². The standard InChI is InChI=1S/C19H19BrClFN4O3/c1-10(2)26-9-23-18-15(26)8-12(19(28)25-29-6-5-27)17(16(18)22)24-14-4-3-11(20)7-13(14)21/h3-4,7-10,24,27H,5-6H2,1-2H3,(H,25,28). The number of hydrogen-bond acceptors (Lipinski definition) is 5. The minimum absolute atomic E-state index is 0.00863. The molecular weight excluding hydrogens is 467 g/mol. The summed E-state index contributed by atoms with van der Waals surface area (Å²) >= 11 is 9.56. The Bertz CT molecular complexity index is 1060. The number of nitrogens with zero attached hydrogens (tertiary/aromatic N) is 2. The average molecular weight is 486 g/mol. The van der Waals surface area contributed by atoms with E-state index in [4.69, 9.17) is 21.5 Å². The van der Waals surface area contributed by atoms with E-state index in [-0.39, 0.29) is 36.0 Å². The molecular formula is C19H19BrClFN4O3. The van der Waals surface area contributed by atoms with Gasteiger partial charge in [0.1, 0.15) is 5.52 Å². The third kappa shape index (κ3) is 4.53. The number of aliphatic hydroxyl groups excluding tert-OH is 1. The van der Waals surface area contributed by atoms with Crippen molar-refractivity contribution in [2.24, 2.45) is 0 Å². The first-order valence-corrected chi connectivity index (χ1v) is 9.94. The Morgan fingerprint density at radius 2 is 2.17 bits per heavy atom. The van der Waals surface area contributed by atoms with E-state index in [2.05, 4.69) is 31.7 Å². The third-order valence-electron chi connectivity index (χ3n) is 4.16. The van der Waals surface area contributed by atoms with E-state index < -0.39 is 11.7 Å². The molecule has 1 aromatic heterocycles. The molecule has 1 amide bonds. The van der Waals surface area contributed by atoms with Crippen molar-refractivity contribution in [1.82, 2.24) is 15.0 Å². The van der Waals surface area contributed by atoms with Gasteiger partial charge in [0.05, 0.1) is 47.0 Å². The van der Waals surface area contributed by atoms with Crippen molar-refractivity contribution in [2.75, 3.05) is 18.5 Å². The first-order chi connectivity index (χ1) is 13.8. The summed E-state index contributed by atoms with van der Waals surface area (Å²) in [6.07, 6.45) is 1.53. The van der Waals surface area contributed by atoms with Gasteiger partial charge in [0.25, 0.3) is 5.91 Å². The van der Waals surface area contributed by atoms with Gasteiger partial charge in [-0.3, -0.25) is 9.63 Å². The second kappa shape index (κ2) is 9.08. The van der Waals surface area contributed by atoms with Gasteiger partial charge in [-0.05, 0) is 38.1 Å². The first-order valence-electron chi connectivity index (χ1n) is 8.77. The maximum absolute atomic E-state index is 15.4. The molecule has 7 nitrogen and oxygen atoms in total. The summed E-state index contributed by atoms with van der Waals surface area (Å²) in [6.45, 7) is 3.49. The second-order valence-corrected chi connectivity index (χ2v) is 7.80. The molecule has 1 heterocycles. The fourth-order valence-electron chi connectivity index (χ4n) is 2.78. The van der Waals surface area contributed by atoms with Crippen LogP contribution in [0, 0.1) is 5.82 Å². The van der Waals surface area contributed by atoms with Crippen LogP contribution in [0.15, 0.2) is 35.1 Å². The van der Waals surface area contributed by atoms with Gasteiger partial charge in [0, 0.05) is 10.5 Å². The molecule has 0 saturated heterocycles. The summed E-state index contributed by atoms with van der Waals surface area (Å²) in [6, 6.07) is 6.60. The quantitative estimate of drug-likeness (QED) is 0.337. The number of aromatic nitrogens is 2. The molecule has 0 atom stereocenters. The number of hydroxylamine groups is 1. The number of benzene rings is 2. The Kier molecular flexibility index (Phi) is 6.74. The lowest BCUT2D eigenvalue weighted by molar-refractivity contribution is 0.0169. The van der Waals surface area contributed by atoms with Gasteiger partial charge in [0.2, 0.25) is 0 Å². The number of hydrogen-bond donors (Lipinski definition) is 3. The Morgan fingerprint density at radius 1 is 1.41 bits per heavy atom. The van der Waals surface area contributed by atoms with E-state index in [1.165, 1.54) is 12.4 Å². The van der Waals surface area contributed by atoms with Crippen molar-refractivity contribution in [1.29, 1.82) is 0 Å². The number of halogens is 3. The molecule has 3 N–H and O–H groups in total. The van der Waals surface area contributed by atoms with Crippen LogP contribution in [-0.4, -0.2) is 33.8 Å². The molecule has 154 valence electrons. The first kappa shape index (κ1) is 21.5. The van der Waals surface area contributed by atoms with Crippen LogP contribution in [0.4, 0.5) is 15.8 Å². The number of imidazole rings is 1. The van der Waals surface area contributed by atoms with E-state index >= 15 is 4.39 Å². The van der Waals surface area contributed by atoms with Gasteiger partial charge in [-0.1, -0.05) is 27.5 Å². The monoisotopic (exact) mass is 484 g/mol. The Morgan fingerprint density at radius 3 is 2.83 bits per heavy atom. The van der Waals surface area contributed by atoms with Crippen molar-refractivity contribution >= 4 is 55.8 Å². The number of rotatable bonds is 7. The number of amides is 1. The third-order valence-corrected chi connectivity index (χ3v) is 4.97. The largest absolute Gasteiger partial charge is 0.394 e. The molecule has 0 unspecified atom stereocenters. The molecule has 2 aromatic carbocycles. The zero-order valence-corrected chi connectivity index (χ0v) is 18.0. The van der Waals surface area contributed by atoms with Crippen LogP contribution in [0.3, 0.4) is 0 Å². The van der Waals surface area contributed by atoms with E-state index in [1.807, 2.05) is 13.8 Å². The molecule has 0 aliphatic rings. The Balaban J connectivity index is 2.13. The number of anilines is 2. The van der Waals surface area contributed by atoms with Crippen LogP contribution >= 0.6 is 27.5 Å². The normalized spacial score (nSPS) is 11.3. The smallest absolute Gasteiger partial charge is 0.277 e. The van der Waals surface area contributed by atoms with E-state index in [0.717, 1.165) is 4.47 Å². The molecule has 0 spiro atoms. The molecule has 10 heteroatoms. The van der Waals surface area contributed by atoms with Gasteiger partial charge in [-0.2, -0.15) is 0 Å². The fourth-order valence-corrected chi connectivity index (χ4v) is 3.50. The van der Waals surface area contributed by atoms with Crippen molar-refractivity contribution in [3.8, 4) is 0 Å². The number of aliphatic hydroxyl groups is 1. The number of carbonyl (C=O) groups is 1. The van der Waals surface area contributed by atoms with E-state index in [0.29, 0.717) is 16.2 Å². The lowest BCUT2D eigenvalue weighted by Crippen LogP contribution is -2.26. The summed E-state index contributed by atoms with van der Waals surface area (Å²) in [4.78, 5) is 21.7. The second-order valence-electron chi connectivity index (χ2n) is 6.48. The highest BCUT2D eigenvalue weighted by Crippen LogP contribution is 2.34. The van der Waals surface area contributed by atoms with Gasteiger partial charge in [-0.15, -0.1) is 0 Å². The van der Waals surface area contributed by atoms with Gasteiger partial charge in [0.15, 0.2) is 5.82 Å². The molecule has 0 aliphatic heterocycles. The number of fused-ring (bicyclic) bond motifs is 1. The zero-order valence-electron chi connectivity index (χ0n) is 15.7. The predicted molar refractivity (Wildman–Crippen MR) is 113 cm³/mol. The minimum atomic E-state index is -0.687. The fraction of sp³-hybridized carbons (Fsp3) is 0.263. The Hall–Kier alpha value is -2.20. The summed E-state index contributed by atoms with van der Waals surface area (Å²) in [5, 5.41) is 12.1. The van der Waals surface area contributed by atoms with Crippen molar-refractivity contribution < 1.29 is 19.1 Å². The Labute approximate surface area is 179 Å².